The van der Waals surface area contributed by atoms with E-state index in [0.29, 0.717) is 0 Å². The Morgan fingerprint density at radius 1 is 1.47 bits per heavy atom. The zero-order valence-corrected chi connectivity index (χ0v) is 12.3. The van der Waals surface area contributed by atoms with E-state index in [0.717, 1.165) is 21.5 Å². The zero-order valence-electron chi connectivity index (χ0n) is 9.89. The van der Waals surface area contributed by atoms with Crippen molar-refractivity contribution in [3.63, 3.8) is 0 Å². The van der Waals surface area contributed by atoms with Gasteiger partial charge in [-0.25, -0.2) is 4.39 Å². The maximum atomic E-state index is 13.6. The second-order valence-electron chi connectivity index (χ2n) is 3.95. The maximum absolute atomic E-state index is 13.6. The van der Waals surface area contributed by atoms with E-state index in [1.807, 2.05) is 18.4 Å². The van der Waals surface area contributed by atoms with Gasteiger partial charge in [0.05, 0.1) is 16.7 Å². The molecular weight excluding hydrogens is 335 g/mol. The molecule has 0 bridgehead atoms. The maximum Gasteiger partial charge on any atom is 0.271 e. The predicted octanol–water partition coefficient (Wildman–Crippen LogP) is 4.73. The van der Waals surface area contributed by atoms with Crippen molar-refractivity contribution in [3.8, 4) is 0 Å². The van der Waals surface area contributed by atoms with Crippen LogP contribution in [0.15, 0.2) is 34.1 Å². The summed E-state index contributed by atoms with van der Waals surface area (Å²) < 4.78 is 14.6. The molecule has 1 N–H and O–H groups in total. The molecule has 100 valence electrons. The van der Waals surface area contributed by atoms with Gasteiger partial charge in [0, 0.05) is 26.9 Å². The highest BCUT2D eigenvalue weighted by Gasteiger charge is 2.14. The SMILES string of the molecule is CC(Nc1cc([N+](=O)[O-])ccc1F)c1cc(Br)cs1. The minimum atomic E-state index is -0.545. The van der Waals surface area contributed by atoms with E-state index in [2.05, 4.69) is 21.2 Å². The molecule has 0 aliphatic carbocycles. The fourth-order valence-corrected chi connectivity index (χ4v) is 3.05. The fourth-order valence-electron chi connectivity index (χ4n) is 1.60. The van der Waals surface area contributed by atoms with Crippen LogP contribution in [0.25, 0.3) is 0 Å². The number of halogens is 2. The zero-order chi connectivity index (χ0) is 14.0. The Labute approximate surface area is 121 Å². The van der Waals surface area contributed by atoms with E-state index >= 15 is 0 Å². The molecule has 1 aromatic heterocycles. The van der Waals surface area contributed by atoms with Crippen LogP contribution in [0.4, 0.5) is 15.8 Å². The number of non-ortho nitro benzene ring substituents is 1. The molecule has 0 radical (unpaired) electrons. The number of thiophene rings is 1. The van der Waals surface area contributed by atoms with Crippen LogP contribution in [0, 0.1) is 15.9 Å². The second kappa shape index (κ2) is 5.66. The average Bonchev–Trinajstić information content (AvgIpc) is 2.78. The molecule has 1 atom stereocenters. The van der Waals surface area contributed by atoms with Gasteiger partial charge in [0.15, 0.2) is 0 Å². The molecular formula is C12H10BrFN2O2S. The van der Waals surface area contributed by atoms with Crippen LogP contribution in [-0.2, 0) is 0 Å². The van der Waals surface area contributed by atoms with Crippen LogP contribution in [-0.4, -0.2) is 4.92 Å². The number of nitro benzene ring substituents is 1. The fraction of sp³-hybridized carbons (Fsp3) is 0.167. The van der Waals surface area contributed by atoms with Gasteiger partial charge in [-0.2, -0.15) is 0 Å². The molecule has 1 aromatic carbocycles. The summed E-state index contributed by atoms with van der Waals surface area (Å²) in [7, 11) is 0. The molecule has 7 heteroatoms. The number of nitro groups is 1. The lowest BCUT2D eigenvalue weighted by atomic mass is 10.2. The predicted molar refractivity (Wildman–Crippen MR) is 77.1 cm³/mol. The number of nitrogens with one attached hydrogen (secondary N) is 1. The Morgan fingerprint density at radius 3 is 2.79 bits per heavy atom. The molecule has 0 saturated heterocycles. The molecule has 0 fully saturated rings. The van der Waals surface area contributed by atoms with Crippen molar-refractivity contribution in [2.45, 2.75) is 13.0 Å². The van der Waals surface area contributed by atoms with Crippen LogP contribution < -0.4 is 5.32 Å². The number of hydrogen-bond acceptors (Lipinski definition) is 4. The lowest BCUT2D eigenvalue weighted by Crippen LogP contribution is -2.06. The molecule has 1 heterocycles. The Kier molecular flexibility index (Phi) is 4.16. The summed E-state index contributed by atoms with van der Waals surface area (Å²) in [5, 5.41) is 15.5. The summed E-state index contributed by atoms with van der Waals surface area (Å²) in [5.74, 6) is -0.506. The summed E-state index contributed by atoms with van der Waals surface area (Å²) >= 11 is 4.88. The normalized spacial score (nSPS) is 12.2. The van der Waals surface area contributed by atoms with E-state index in [4.69, 9.17) is 0 Å². The minimum absolute atomic E-state index is 0.131. The van der Waals surface area contributed by atoms with E-state index in [1.165, 1.54) is 17.4 Å². The van der Waals surface area contributed by atoms with Crippen molar-refractivity contribution in [2.24, 2.45) is 0 Å². The third-order valence-corrected chi connectivity index (χ3v) is 4.42. The third-order valence-electron chi connectivity index (χ3n) is 2.55. The lowest BCUT2D eigenvalue weighted by Gasteiger charge is -2.14. The van der Waals surface area contributed by atoms with Gasteiger partial charge < -0.3 is 5.32 Å². The Hall–Kier alpha value is -1.47. The van der Waals surface area contributed by atoms with E-state index in [9.17, 15) is 14.5 Å². The quantitative estimate of drug-likeness (QED) is 0.644. The first kappa shape index (κ1) is 14.0. The summed E-state index contributed by atoms with van der Waals surface area (Å²) in [6.45, 7) is 1.87. The van der Waals surface area contributed by atoms with Crippen LogP contribution in [0.1, 0.15) is 17.8 Å². The van der Waals surface area contributed by atoms with Gasteiger partial charge in [0.2, 0.25) is 0 Å². The standard InChI is InChI=1S/C12H10BrFN2O2S/c1-7(12-4-8(13)6-19-12)15-11-5-9(16(17)18)2-3-10(11)14/h2-7,15H,1H3. The van der Waals surface area contributed by atoms with Crippen molar-refractivity contribution in [2.75, 3.05) is 5.32 Å². The van der Waals surface area contributed by atoms with Crippen LogP contribution >= 0.6 is 27.3 Å². The first-order valence-corrected chi connectivity index (χ1v) is 7.09. The molecule has 0 aliphatic heterocycles. The highest BCUT2D eigenvalue weighted by Crippen LogP contribution is 2.30. The summed E-state index contributed by atoms with van der Waals surface area (Å²) in [4.78, 5) is 11.1. The molecule has 0 saturated carbocycles. The van der Waals surface area contributed by atoms with Gasteiger partial charge >= 0.3 is 0 Å². The number of rotatable bonds is 4. The first-order valence-electron chi connectivity index (χ1n) is 5.42. The topological polar surface area (TPSA) is 55.2 Å². The smallest absolute Gasteiger partial charge is 0.271 e. The Morgan fingerprint density at radius 2 is 2.21 bits per heavy atom. The minimum Gasteiger partial charge on any atom is -0.375 e. The number of anilines is 1. The highest BCUT2D eigenvalue weighted by atomic mass is 79.9. The molecule has 4 nitrogen and oxygen atoms in total. The summed E-state index contributed by atoms with van der Waals surface area (Å²) in [5.41, 5.74) is -0.00492. The van der Waals surface area contributed by atoms with Crippen LogP contribution in [0.2, 0.25) is 0 Å². The average molecular weight is 345 g/mol. The van der Waals surface area contributed by atoms with Crippen molar-refractivity contribution in [3.05, 3.63) is 54.9 Å². The number of nitrogens with zero attached hydrogens (tertiary/aromatic N) is 1. The first-order chi connectivity index (χ1) is 8.97. The van der Waals surface area contributed by atoms with Gasteiger partial charge in [-0.1, -0.05) is 0 Å². The molecule has 0 amide bonds. The van der Waals surface area contributed by atoms with Crippen LogP contribution in [0.5, 0.6) is 0 Å². The second-order valence-corrected chi connectivity index (χ2v) is 5.81. The highest BCUT2D eigenvalue weighted by molar-refractivity contribution is 9.10. The molecule has 2 rings (SSSR count). The van der Waals surface area contributed by atoms with E-state index < -0.39 is 10.7 Å². The molecule has 2 aromatic rings. The molecule has 0 spiro atoms. The van der Waals surface area contributed by atoms with Gasteiger partial charge in [0.25, 0.3) is 5.69 Å². The van der Waals surface area contributed by atoms with Crippen LogP contribution in [0.3, 0.4) is 0 Å². The van der Waals surface area contributed by atoms with E-state index in [-0.39, 0.29) is 17.4 Å². The monoisotopic (exact) mass is 344 g/mol. The van der Waals surface area contributed by atoms with Crippen molar-refractivity contribution in [1.82, 2.24) is 0 Å². The molecule has 19 heavy (non-hydrogen) atoms. The lowest BCUT2D eigenvalue weighted by molar-refractivity contribution is -0.384. The number of hydrogen-bond donors (Lipinski definition) is 1. The Bertz CT molecular complexity index is 618. The van der Waals surface area contributed by atoms with E-state index in [1.54, 1.807) is 0 Å². The Balaban J connectivity index is 2.22. The third kappa shape index (κ3) is 3.30. The van der Waals surface area contributed by atoms with Gasteiger partial charge in [-0.05, 0) is 35.0 Å². The summed E-state index contributed by atoms with van der Waals surface area (Å²) in [6, 6.07) is 5.24. The van der Waals surface area contributed by atoms with Gasteiger partial charge in [-0.15, -0.1) is 11.3 Å². The largest absolute Gasteiger partial charge is 0.375 e. The van der Waals surface area contributed by atoms with Crippen molar-refractivity contribution >= 4 is 38.6 Å². The molecule has 0 aliphatic rings. The van der Waals surface area contributed by atoms with Crippen molar-refractivity contribution < 1.29 is 9.31 Å². The van der Waals surface area contributed by atoms with Crippen molar-refractivity contribution in [1.29, 1.82) is 0 Å². The van der Waals surface area contributed by atoms with Gasteiger partial charge in [0.1, 0.15) is 5.82 Å². The number of benzene rings is 1. The molecule has 1 unspecified atom stereocenters. The summed E-state index contributed by atoms with van der Waals surface area (Å²) in [6.07, 6.45) is 0. The van der Waals surface area contributed by atoms with Gasteiger partial charge in [-0.3, -0.25) is 10.1 Å².